The van der Waals surface area contributed by atoms with Crippen LogP contribution in [0, 0.1) is 12.8 Å². The first-order chi connectivity index (χ1) is 16.9. The van der Waals surface area contributed by atoms with E-state index in [0.29, 0.717) is 53.8 Å². The topological polar surface area (TPSA) is 71.3 Å². The van der Waals surface area contributed by atoms with Crippen LogP contribution in [0.25, 0.3) is 10.9 Å². The molecule has 1 aliphatic carbocycles. The number of aryl methyl sites for hydroxylation is 2. The molecule has 1 heterocycles. The predicted octanol–water partition coefficient (Wildman–Crippen LogP) is 6.87. The maximum Gasteiger partial charge on any atom is 0.306 e. The van der Waals surface area contributed by atoms with Crippen LogP contribution in [0.2, 0.25) is 10.0 Å². The van der Waals surface area contributed by atoms with Crippen molar-refractivity contribution in [1.29, 1.82) is 0 Å². The Morgan fingerprint density at radius 1 is 1.14 bits per heavy atom. The van der Waals surface area contributed by atoms with Gasteiger partial charge in [-0.3, -0.25) is 9.59 Å². The van der Waals surface area contributed by atoms with Gasteiger partial charge in [-0.2, -0.15) is 0 Å². The number of halogens is 4. The lowest BCUT2D eigenvalue weighted by molar-refractivity contribution is -0.142. The van der Waals surface area contributed by atoms with Crippen LogP contribution in [0.15, 0.2) is 30.3 Å². The Balaban J connectivity index is 1.60. The van der Waals surface area contributed by atoms with E-state index in [1.165, 1.54) is 12.1 Å². The Labute approximate surface area is 218 Å². The number of carbonyl (C=O) groups is 2. The fourth-order valence-electron chi connectivity index (χ4n) is 4.95. The Morgan fingerprint density at radius 3 is 2.42 bits per heavy atom. The molecule has 0 radical (unpaired) electrons. The van der Waals surface area contributed by atoms with E-state index < -0.39 is 11.9 Å². The molecule has 4 rings (SSSR count). The van der Waals surface area contributed by atoms with Crippen molar-refractivity contribution in [3.63, 3.8) is 0 Å². The van der Waals surface area contributed by atoms with Crippen molar-refractivity contribution in [2.24, 2.45) is 13.0 Å². The SMILES string of the molecule is Cc1cc(C(C)(F)F)cc2c1cc(Cc1c(Cl)ccc(C(=O)NC3CCC(C(=O)O)CC3)c1Cl)n2C. The second kappa shape index (κ2) is 10.0. The molecule has 36 heavy (non-hydrogen) atoms. The van der Waals surface area contributed by atoms with Gasteiger partial charge in [0, 0.05) is 53.6 Å². The number of nitrogens with one attached hydrogen (secondary N) is 1. The number of nitrogens with zero attached hydrogens (tertiary/aromatic N) is 1. The van der Waals surface area contributed by atoms with E-state index in [2.05, 4.69) is 5.32 Å². The van der Waals surface area contributed by atoms with Crippen molar-refractivity contribution < 1.29 is 23.5 Å². The number of amides is 1. The Bertz CT molecular complexity index is 1340. The highest BCUT2D eigenvalue weighted by Gasteiger charge is 2.28. The number of rotatable bonds is 6. The summed E-state index contributed by atoms with van der Waals surface area (Å²) in [6.45, 7) is 2.68. The van der Waals surface area contributed by atoms with Gasteiger partial charge < -0.3 is 15.0 Å². The number of carboxylic acids is 1. The van der Waals surface area contributed by atoms with Gasteiger partial charge in [0.05, 0.1) is 16.5 Å². The fourth-order valence-corrected chi connectivity index (χ4v) is 5.54. The van der Waals surface area contributed by atoms with Crippen molar-refractivity contribution in [3.8, 4) is 0 Å². The van der Waals surface area contributed by atoms with Crippen LogP contribution >= 0.6 is 23.2 Å². The molecule has 2 N–H and O–H groups in total. The number of carboxylic acid groups (broad SMARTS) is 1. The lowest BCUT2D eigenvalue weighted by Gasteiger charge is -2.27. The minimum absolute atomic E-state index is 0.0487. The van der Waals surface area contributed by atoms with Crippen LogP contribution in [0.4, 0.5) is 8.78 Å². The smallest absolute Gasteiger partial charge is 0.306 e. The number of aliphatic carboxylic acids is 1. The second-order valence-electron chi connectivity index (χ2n) is 9.73. The molecule has 1 amide bonds. The van der Waals surface area contributed by atoms with E-state index in [-0.39, 0.29) is 28.5 Å². The first-order valence-corrected chi connectivity index (χ1v) is 12.6. The molecule has 192 valence electrons. The molecule has 1 aliphatic rings. The molecule has 0 aliphatic heterocycles. The van der Waals surface area contributed by atoms with Crippen molar-refractivity contribution in [2.45, 2.75) is 57.9 Å². The van der Waals surface area contributed by atoms with Gasteiger partial charge >= 0.3 is 5.97 Å². The van der Waals surface area contributed by atoms with Crippen molar-refractivity contribution >= 4 is 46.0 Å². The normalized spacial score (nSPS) is 18.4. The lowest BCUT2D eigenvalue weighted by atomic mass is 9.86. The number of hydrogen-bond donors (Lipinski definition) is 2. The van der Waals surface area contributed by atoms with E-state index >= 15 is 0 Å². The second-order valence-corrected chi connectivity index (χ2v) is 10.5. The summed E-state index contributed by atoms with van der Waals surface area (Å²) in [5, 5.41) is 13.6. The third kappa shape index (κ3) is 5.23. The van der Waals surface area contributed by atoms with Crippen LogP contribution in [-0.2, 0) is 24.2 Å². The highest BCUT2D eigenvalue weighted by Crippen LogP contribution is 2.35. The van der Waals surface area contributed by atoms with E-state index in [0.717, 1.165) is 23.6 Å². The fraction of sp³-hybridized carbons (Fsp3) is 0.407. The summed E-state index contributed by atoms with van der Waals surface area (Å²) in [7, 11) is 1.81. The van der Waals surface area contributed by atoms with Crippen LogP contribution in [0.1, 0.15) is 65.3 Å². The van der Waals surface area contributed by atoms with Gasteiger partial charge in [-0.05, 0) is 74.1 Å². The Morgan fingerprint density at radius 2 is 1.81 bits per heavy atom. The molecule has 1 aromatic heterocycles. The summed E-state index contributed by atoms with van der Waals surface area (Å²) in [5.74, 6) is -4.45. The molecule has 0 saturated heterocycles. The third-order valence-corrected chi connectivity index (χ3v) is 7.96. The molecule has 0 atom stereocenters. The minimum atomic E-state index is -2.95. The predicted molar refractivity (Wildman–Crippen MR) is 137 cm³/mol. The largest absolute Gasteiger partial charge is 0.481 e. The minimum Gasteiger partial charge on any atom is -0.481 e. The molecule has 1 saturated carbocycles. The van der Waals surface area contributed by atoms with Crippen molar-refractivity contribution in [3.05, 3.63) is 68.3 Å². The van der Waals surface area contributed by atoms with E-state index in [1.807, 2.05) is 10.6 Å². The number of alkyl halides is 2. The van der Waals surface area contributed by atoms with Gasteiger partial charge in [0.2, 0.25) is 0 Å². The third-order valence-electron chi connectivity index (χ3n) is 7.18. The number of aromatic nitrogens is 1. The van der Waals surface area contributed by atoms with Gasteiger partial charge in [-0.25, -0.2) is 8.78 Å². The molecule has 0 spiro atoms. The summed E-state index contributed by atoms with van der Waals surface area (Å²) in [6.07, 6.45) is 2.53. The quantitative estimate of drug-likeness (QED) is 0.361. The van der Waals surface area contributed by atoms with Gasteiger partial charge in [0.15, 0.2) is 0 Å². The molecule has 2 aromatic carbocycles. The number of fused-ring (bicyclic) bond motifs is 1. The summed E-state index contributed by atoms with van der Waals surface area (Å²) in [6, 6.07) is 8.02. The highest BCUT2D eigenvalue weighted by molar-refractivity contribution is 6.38. The standard InChI is InChI=1S/C27H28Cl2F2N2O3/c1-14-10-16(27(2,30)31)11-23-20(14)12-18(33(23)3)13-21-22(28)9-8-19(24(21)29)25(34)32-17-6-4-15(5-7-17)26(35)36/h8-12,15,17H,4-7,13H2,1-3H3,(H,32,34)(H,35,36). The molecule has 1 fully saturated rings. The van der Waals surface area contributed by atoms with Crippen molar-refractivity contribution in [2.75, 3.05) is 0 Å². The Kier molecular flexibility index (Phi) is 7.35. The first kappa shape index (κ1) is 26.4. The molecular formula is C27H28Cl2F2N2O3. The molecule has 3 aromatic rings. The zero-order valence-corrected chi connectivity index (χ0v) is 21.8. The summed E-state index contributed by atoms with van der Waals surface area (Å²) >= 11 is 13.2. The monoisotopic (exact) mass is 536 g/mol. The number of carbonyl (C=O) groups excluding carboxylic acids is 1. The van der Waals surface area contributed by atoms with Gasteiger partial charge in [-0.1, -0.05) is 23.2 Å². The first-order valence-electron chi connectivity index (χ1n) is 11.8. The summed E-state index contributed by atoms with van der Waals surface area (Å²) < 4.78 is 29.8. The molecule has 0 unspecified atom stereocenters. The molecular weight excluding hydrogens is 509 g/mol. The van der Waals surface area contributed by atoms with Crippen LogP contribution < -0.4 is 5.32 Å². The summed E-state index contributed by atoms with van der Waals surface area (Å²) in [5.41, 5.74) is 3.06. The zero-order chi connectivity index (χ0) is 26.4. The number of benzene rings is 2. The van der Waals surface area contributed by atoms with E-state index in [9.17, 15) is 23.5 Å². The molecule has 9 heteroatoms. The summed E-state index contributed by atoms with van der Waals surface area (Å²) in [4.78, 5) is 24.2. The molecule has 0 bridgehead atoms. The maximum absolute atomic E-state index is 14.0. The Hall–Kier alpha value is -2.64. The average molecular weight is 537 g/mol. The molecule has 5 nitrogen and oxygen atoms in total. The van der Waals surface area contributed by atoms with Gasteiger partial charge in [0.1, 0.15) is 0 Å². The number of hydrogen-bond acceptors (Lipinski definition) is 2. The van der Waals surface area contributed by atoms with Crippen LogP contribution in [0.3, 0.4) is 0 Å². The van der Waals surface area contributed by atoms with Crippen molar-refractivity contribution in [1.82, 2.24) is 9.88 Å². The van der Waals surface area contributed by atoms with Gasteiger partial charge in [0.25, 0.3) is 11.8 Å². The zero-order valence-electron chi connectivity index (χ0n) is 20.3. The van der Waals surface area contributed by atoms with E-state index in [1.54, 1.807) is 26.1 Å². The average Bonchev–Trinajstić information content (AvgIpc) is 3.12. The lowest BCUT2D eigenvalue weighted by Crippen LogP contribution is -2.38. The highest BCUT2D eigenvalue weighted by atomic mass is 35.5. The van der Waals surface area contributed by atoms with Gasteiger partial charge in [-0.15, -0.1) is 0 Å². The van der Waals surface area contributed by atoms with Crippen LogP contribution in [-0.4, -0.2) is 27.6 Å². The maximum atomic E-state index is 14.0. The van der Waals surface area contributed by atoms with E-state index in [4.69, 9.17) is 23.2 Å². The van der Waals surface area contributed by atoms with Crippen LogP contribution in [0.5, 0.6) is 0 Å².